The van der Waals surface area contributed by atoms with Gasteiger partial charge in [-0.3, -0.25) is 4.68 Å². The molecule has 1 saturated heterocycles. The number of hydrogen-bond donors (Lipinski definition) is 2. The van der Waals surface area contributed by atoms with Crippen LogP contribution in [0.1, 0.15) is 42.8 Å². The van der Waals surface area contributed by atoms with Crippen molar-refractivity contribution in [2.45, 2.75) is 43.9 Å². The van der Waals surface area contributed by atoms with Gasteiger partial charge in [-0.2, -0.15) is 18.3 Å². The van der Waals surface area contributed by atoms with Crippen LogP contribution in [0.5, 0.6) is 0 Å². The molecule has 174 valence electrons. The molecule has 0 bridgehead atoms. The van der Waals surface area contributed by atoms with Gasteiger partial charge >= 0.3 is 12.2 Å². The monoisotopic (exact) mass is 461 g/mol. The Labute approximate surface area is 186 Å². The van der Waals surface area contributed by atoms with E-state index in [2.05, 4.69) is 20.6 Å². The van der Waals surface area contributed by atoms with Crippen molar-refractivity contribution >= 4 is 11.8 Å². The summed E-state index contributed by atoms with van der Waals surface area (Å²) in [4.78, 5) is 18.3. The van der Waals surface area contributed by atoms with Crippen LogP contribution in [0, 0.1) is 0 Å². The Balaban J connectivity index is 1.35. The number of halogens is 3. The van der Waals surface area contributed by atoms with E-state index in [-0.39, 0.29) is 23.1 Å². The summed E-state index contributed by atoms with van der Waals surface area (Å²) in [7, 11) is 0. The molecule has 0 radical (unpaired) electrons. The highest BCUT2D eigenvalue weighted by Crippen LogP contribution is 2.44. The Kier molecular flexibility index (Phi) is 4.83. The number of rotatable bonds is 3. The summed E-state index contributed by atoms with van der Waals surface area (Å²) >= 11 is 0. The topological polar surface area (TPSA) is 115 Å². The van der Waals surface area contributed by atoms with Gasteiger partial charge in [-0.05, 0) is 31.9 Å². The number of aromatic nitrogens is 4. The number of fused-ring (bicyclic) bond motifs is 2. The summed E-state index contributed by atoms with van der Waals surface area (Å²) < 4.78 is 46.4. The van der Waals surface area contributed by atoms with E-state index in [1.165, 1.54) is 12.5 Å². The van der Waals surface area contributed by atoms with Gasteiger partial charge in [0.2, 0.25) is 0 Å². The van der Waals surface area contributed by atoms with Crippen LogP contribution in [0.15, 0.2) is 35.2 Å². The Morgan fingerprint density at radius 1 is 1.30 bits per heavy atom. The molecule has 2 atom stereocenters. The molecule has 2 aliphatic rings. The summed E-state index contributed by atoms with van der Waals surface area (Å²) in [5.41, 5.74) is 6.37. The van der Waals surface area contributed by atoms with Crippen molar-refractivity contribution in [3.05, 3.63) is 47.6 Å². The molecule has 0 aromatic carbocycles. The van der Waals surface area contributed by atoms with Crippen molar-refractivity contribution in [3.8, 4) is 11.3 Å². The summed E-state index contributed by atoms with van der Waals surface area (Å²) in [6.07, 6.45) is -0.285. The SMILES string of the molecule is C[C@H](NC(=O)N1CCC2(CCn3nc(-c4cnc(N)c(C(F)(F)F)c4)cc32)C1)c1ccon1. The van der Waals surface area contributed by atoms with Gasteiger partial charge in [0.15, 0.2) is 0 Å². The molecule has 2 amide bonds. The number of nitrogens with zero attached hydrogens (tertiary/aromatic N) is 5. The fourth-order valence-corrected chi connectivity index (χ4v) is 4.70. The van der Waals surface area contributed by atoms with Crippen molar-refractivity contribution < 1.29 is 22.5 Å². The van der Waals surface area contributed by atoms with E-state index in [4.69, 9.17) is 10.3 Å². The molecular weight excluding hydrogens is 439 g/mol. The number of nitrogen functional groups attached to an aromatic ring is 1. The zero-order valence-corrected chi connectivity index (χ0v) is 17.8. The normalized spacial score (nSPS) is 20.9. The molecule has 3 aromatic heterocycles. The molecule has 2 aliphatic heterocycles. The van der Waals surface area contributed by atoms with Gasteiger partial charge in [0.25, 0.3) is 0 Å². The van der Waals surface area contributed by atoms with Gasteiger partial charge in [-0.1, -0.05) is 5.16 Å². The van der Waals surface area contributed by atoms with Crippen molar-refractivity contribution in [2.24, 2.45) is 0 Å². The van der Waals surface area contributed by atoms with Gasteiger partial charge in [0.05, 0.1) is 17.3 Å². The molecule has 5 heterocycles. The zero-order valence-electron chi connectivity index (χ0n) is 17.8. The number of anilines is 1. The lowest BCUT2D eigenvalue weighted by Crippen LogP contribution is -2.41. The number of nitrogens with two attached hydrogens (primary N) is 1. The second kappa shape index (κ2) is 7.49. The largest absolute Gasteiger partial charge is 0.419 e. The van der Waals surface area contributed by atoms with Crippen LogP contribution in [0.25, 0.3) is 11.3 Å². The van der Waals surface area contributed by atoms with Crippen LogP contribution in [-0.2, 0) is 18.1 Å². The molecule has 33 heavy (non-hydrogen) atoms. The molecule has 5 rings (SSSR count). The van der Waals surface area contributed by atoms with E-state index in [0.717, 1.165) is 24.6 Å². The maximum Gasteiger partial charge on any atom is 0.419 e. The number of likely N-dealkylation sites (tertiary alicyclic amines) is 1. The number of carbonyl (C=O) groups is 1. The lowest BCUT2D eigenvalue weighted by Gasteiger charge is -2.24. The van der Waals surface area contributed by atoms with Crippen molar-refractivity contribution in [1.29, 1.82) is 0 Å². The van der Waals surface area contributed by atoms with Crippen LogP contribution in [0.4, 0.5) is 23.8 Å². The third-order valence-electron chi connectivity index (χ3n) is 6.53. The summed E-state index contributed by atoms with van der Waals surface area (Å²) in [5, 5.41) is 11.3. The quantitative estimate of drug-likeness (QED) is 0.618. The minimum Gasteiger partial charge on any atom is -0.383 e. The molecule has 1 spiro atoms. The second-order valence-corrected chi connectivity index (χ2v) is 8.59. The predicted octanol–water partition coefficient (Wildman–Crippen LogP) is 3.35. The first-order valence-corrected chi connectivity index (χ1v) is 10.5. The molecule has 0 saturated carbocycles. The number of urea groups is 1. The molecule has 3 N–H and O–H groups in total. The lowest BCUT2D eigenvalue weighted by molar-refractivity contribution is -0.137. The van der Waals surface area contributed by atoms with E-state index in [9.17, 15) is 18.0 Å². The predicted molar refractivity (Wildman–Crippen MR) is 111 cm³/mol. The van der Waals surface area contributed by atoms with Crippen molar-refractivity contribution in [1.82, 2.24) is 30.1 Å². The fourth-order valence-electron chi connectivity index (χ4n) is 4.70. The smallest absolute Gasteiger partial charge is 0.383 e. The summed E-state index contributed by atoms with van der Waals surface area (Å²) in [6.45, 7) is 3.53. The van der Waals surface area contributed by atoms with Gasteiger partial charge in [-0.15, -0.1) is 0 Å². The first-order chi connectivity index (χ1) is 15.7. The van der Waals surface area contributed by atoms with Gasteiger partial charge in [-0.25, -0.2) is 9.78 Å². The Morgan fingerprint density at radius 3 is 2.82 bits per heavy atom. The van der Waals surface area contributed by atoms with Gasteiger partial charge in [0.1, 0.15) is 17.8 Å². The number of hydrogen-bond acceptors (Lipinski definition) is 6. The third kappa shape index (κ3) is 3.68. The van der Waals surface area contributed by atoms with Crippen molar-refractivity contribution in [2.75, 3.05) is 18.8 Å². The molecule has 1 unspecified atom stereocenters. The highest BCUT2D eigenvalue weighted by Gasteiger charge is 2.47. The Morgan fingerprint density at radius 2 is 2.09 bits per heavy atom. The molecular formula is C21H22F3N7O2. The highest BCUT2D eigenvalue weighted by molar-refractivity contribution is 5.75. The fraction of sp³-hybridized carbons (Fsp3) is 0.429. The number of aryl methyl sites for hydroxylation is 1. The van der Waals surface area contributed by atoms with Crippen LogP contribution < -0.4 is 11.1 Å². The summed E-state index contributed by atoms with van der Waals surface area (Å²) in [6, 6.07) is 3.99. The lowest BCUT2D eigenvalue weighted by atomic mass is 9.82. The zero-order chi connectivity index (χ0) is 23.4. The molecule has 12 heteroatoms. The third-order valence-corrected chi connectivity index (χ3v) is 6.53. The summed E-state index contributed by atoms with van der Waals surface area (Å²) in [5.74, 6) is -0.563. The van der Waals surface area contributed by atoms with Crippen LogP contribution >= 0.6 is 0 Å². The number of pyridine rings is 1. The number of alkyl halides is 3. The minimum absolute atomic E-state index is 0.196. The highest BCUT2D eigenvalue weighted by atomic mass is 19.4. The number of amides is 2. The van der Waals surface area contributed by atoms with Crippen LogP contribution in [-0.4, -0.2) is 43.9 Å². The average Bonchev–Trinajstić information content (AvgIpc) is 3.54. The van der Waals surface area contributed by atoms with Crippen LogP contribution in [0.2, 0.25) is 0 Å². The van der Waals surface area contributed by atoms with Crippen LogP contribution in [0.3, 0.4) is 0 Å². The first-order valence-electron chi connectivity index (χ1n) is 10.5. The Bertz CT molecular complexity index is 1190. The van der Waals surface area contributed by atoms with E-state index >= 15 is 0 Å². The van der Waals surface area contributed by atoms with E-state index in [0.29, 0.717) is 31.0 Å². The maximum absolute atomic E-state index is 13.2. The number of carbonyl (C=O) groups excluding carboxylic acids is 1. The standard InChI is InChI=1S/C21H22F3N7O2/c1-12(15-2-7-33-29-15)27-19(32)30-5-3-20(11-30)4-6-31-17(20)9-16(28-31)13-8-14(21(22,23)24)18(25)26-10-13/h2,7-10,12H,3-6,11H2,1H3,(H2,25,26)(H,27,32)/t12-,20?/m0/s1. The van der Waals surface area contributed by atoms with E-state index < -0.39 is 17.6 Å². The molecule has 0 aliphatic carbocycles. The van der Waals surface area contributed by atoms with Crippen molar-refractivity contribution in [3.63, 3.8) is 0 Å². The molecule has 1 fully saturated rings. The first kappa shape index (κ1) is 21.3. The maximum atomic E-state index is 13.2. The molecule has 9 nitrogen and oxygen atoms in total. The van der Waals surface area contributed by atoms with Gasteiger partial charge in [0, 0.05) is 48.6 Å². The Hall–Kier alpha value is -3.57. The van der Waals surface area contributed by atoms with Gasteiger partial charge < -0.3 is 20.5 Å². The minimum atomic E-state index is -4.60. The second-order valence-electron chi connectivity index (χ2n) is 8.59. The molecule has 3 aromatic rings. The average molecular weight is 461 g/mol. The number of nitrogens with one attached hydrogen (secondary N) is 1. The van der Waals surface area contributed by atoms with E-state index in [1.54, 1.807) is 17.0 Å². The van der Waals surface area contributed by atoms with E-state index in [1.807, 2.05) is 11.6 Å².